The zero-order valence-corrected chi connectivity index (χ0v) is 11.9. The van der Waals surface area contributed by atoms with Gasteiger partial charge in [-0.05, 0) is 53.0 Å². The van der Waals surface area contributed by atoms with E-state index in [0.717, 1.165) is 19.6 Å². The van der Waals surface area contributed by atoms with E-state index in [9.17, 15) is 0 Å². The van der Waals surface area contributed by atoms with E-state index in [-0.39, 0.29) is 0 Å². The summed E-state index contributed by atoms with van der Waals surface area (Å²) in [5, 5.41) is 0. The zero-order valence-electron chi connectivity index (χ0n) is 11.9. The van der Waals surface area contributed by atoms with Gasteiger partial charge in [0.25, 0.3) is 0 Å². The fraction of sp³-hybridized carbons (Fsp3) is 1.00. The molecule has 0 radical (unpaired) electrons. The predicted molar refractivity (Wildman–Crippen MR) is 72.7 cm³/mol. The highest BCUT2D eigenvalue weighted by atomic mass is 15.2. The molecule has 0 aromatic rings. The maximum absolute atomic E-state index is 5.74. The lowest BCUT2D eigenvalue weighted by molar-refractivity contribution is 0.171. The molecule has 3 nitrogen and oxygen atoms in total. The molecule has 3 heteroatoms. The monoisotopic (exact) mass is 229 g/mol. The minimum Gasteiger partial charge on any atom is -0.330 e. The van der Waals surface area contributed by atoms with Crippen LogP contribution in [0.2, 0.25) is 0 Å². The summed E-state index contributed by atoms with van der Waals surface area (Å²) in [5.74, 6) is 0.695. The third-order valence-electron chi connectivity index (χ3n) is 3.39. The second-order valence-corrected chi connectivity index (χ2v) is 5.04. The van der Waals surface area contributed by atoms with Crippen LogP contribution in [0.5, 0.6) is 0 Å². The molecule has 0 fully saturated rings. The van der Waals surface area contributed by atoms with Gasteiger partial charge >= 0.3 is 0 Å². The smallest absolute Gasteiger partial charge is 0.0194 e. The highest BCUT2D eigenvalue weighted by Crippen LogP contribution is 2.09. The van der Waals surface area contributed by atoms with Crippen molar-refractivity contribution >= 4 is 0 Å². The molecule has 0 aliphatic heterocycles. The Labute approximate surface area is 102 Å². The van der Waals surface area contributed by atoms with Gasteiger partial charge in [0.15, 0.2) is 0 Å². The van der Waals surface area contributed by atoms with Crippen molar-refractivity contribution < 1.29 is 0 Å². The molecule has 0 aromatic carbocycles. The maximum atomic E-state index is 5.74. The molecule has 16 heavy (non-hydrogen) atoms. The Hall–Kier alpha value is -0.120. The van der Waals surface area contributed by atoms with Crippen LogP contribution in [-0.4, -0.2) is 56.1 Å². The van der Waals surface area contributed by atoms with E-state index in [4.69, 9.17) is 5.73 Å². The molecule has 0 aliphatic rings. The van der Waals surface area contributed by atoms with Crippen LogP contribution in [0, 0.1) is 5.92 Å². The van der Waals surface area contributed by atoms with E-state index in [1.165, 1.54) is 19.4 Å². The van der Waals surface area contributed by atoms with E-state index in [2.05, 4.69) is 44.7 Å². The summed E-state index contributed by atoms with van der Waals surface area (Å²) < 4.78 is 0. The van der Waals surface area contributed by atoms with Gasteiger partial charge in [-0.1, -0.05) is 20.3 Å². The minimum absolute atomic E-state index is 0.635. The molecule has 2 N–H and O–H groups in total. The van der Waals surface area contributed by atoms with Gasteiger partial charge in [-0.3, -0.25) is 4.90 Å². The first-order valence-corrected chi connectivity index (χ1v) is 6.63. The van der Waals surface area contributed by atoms with Crippen LogP contribution >= 0.6 is 0 Å². The second-order valence-electron chi connectivity index (χ2n) is 5.04. The number of rotatable bonds is 9. The summed E-state index contributed by atoms with van der Waals surface area (Å²) in [6.07, 6.45) is 2.44. The number of nitrogens with two attached hydrogens (primary N) is 1. The van der Waals surface area contributed by atoms with Gasteiger partial charge in [0, 0.05) is 12.6 Å². The maximum Gasteiger partial charge on any atom is 0.0194 e. The lowest BCUT2D eigenvalue weighted by Gasteiger charge is -2.31. The lowest BCUT2D eigenvalue weighted by Crippen LogP contribution is -2.41. The Kier molecular flexibility index (Phi) is 8.90. The van der Waals surface area contributed by atoms with Crippen molar-refractivity contribution in [2.75, 3.05) is 40.3 Å². The molecular formula is C13H31N3. The second kappa shape index (κ2) is 8.97. The molecule has 0 bridgehead atoms. The predicted octanol–water partition coefficient (Wildman–Crippen LogP) is 1.63. The van der Waals surface area contributed by atoms with Gasteiger partial charge in [-0.2, -0.15) is 0 Å². The van der Waals surface area contributed by atoms with Crippen molar-refractivity contribution in [1.82, 2.24) is 9.80 Å². The van der Waals surface area contributed by atoms with Crippen LogP contribution in [0.15, 0.2) is 0 Å². The van der Waals surface area contributed by atoms with E-state index < -0.39 is 0 Å². The zero-order chi connectivity index (χ0) is 12.6. The summed E-state index contributed by atoms with van der Waals surface area (Å²) in [4.78, 5) is 4.81. The topological polar surface area (TPSA) is 32.5 Å². The van der Waals surface area contributed by atoms with Crippen molar-refractivity contribution in [2.24, 2.45) is 11.7 Å². The van der Waals surface area contributed by atoms with Gasteiger partial charge in [0.2, 0.25) is 0 Å². The van der Waals surface area contributed by atoms with Crippen molar-refractivity contribution in [3.63, 3.8) is 0 Å². The Balaban J connectivity index is 3.98. The average Bonchev–Trinajstić information content (AvgIpc) is 2.23. The molecule has 0 spiro atoms. The van der Waals surface area contributed by atoms with Crippen LogP contribution in [-0.2, 0) is 0 Å². The van der Waals surface area contributed by atoms with Crippen molar-refractivity contribution in [2.45, 2.75) is 39.7 Å². The highest BCUT2D eigenvalue weighted by Gasteiger charge is 2.14. The first-order valence-electron chi connectivity index (χ1n) is 6.63. The van der Waals surface area contributed by atoms with Gasteiger partial charge < -0.3 is 10.6 Å². The Morgan fingerprint density at radius 2 is 1.81 bits per heavy atom. The van der Waals surface area contributed by atoms with Crippen LogP contribution < -0.4 is 5.73 Å². The Morgan fingerprint density at radius 1 is 1.19 bits per heavy atom. The molecule has 0 aliphatic carbocycles. The molecule has 98 valence electrons. The molecule has 2 unspecified atom stereocenters. The summed E-state index contributed by atoms with van der Waals surface area (Å²) >= 11 is 0. The quantitative estimate of drug-likeness (QED) is 0.652. The number of hydrogen-bond donors (Lipinski definition) is 1. The van der Waals surface area contributed by atoms with Crippen molar-refractivity contribution in [3.8, 4) is 0 Å². The van der Waals surface area contributed by atoms with Gasteiger partial charge in [-0.25, -0.2) is 0 Å². The van der Waals surface area contributed by atoms with E-state index in [0.29, 0.717) is 12.0 Å². The average molecular weight is 229 g/mol. The Bertz CT molecular complexity index is 155. The van der Waals surface area contributed by atoms with Crippen LogP contribution in [0.3, 0.4) is 0 Å². The minimum atomic E-state index is 0.635. The fourth-order valence-electron chi connectivity index (χ4n) is 2.17. The van der Waals surface area contributed by atoms with E-state index >= 15 is 0 Å². The van der Waals surface area contributed by atoms with E-state index in [1.807, 2.05) is 0 Å². The lowest BCUT2D eigenvalue weighted by atomic mass is 10.0. The molecule has 0 amide bonds. The summed E-state index contributed by atoms with van der Waals surface area (Å²) in [6.45, 7) is 11.1. The summed E-state index contributed by atoms with van der Waals surface area (Å²) in [5.41, 5.74) is 5.74. The molecule has 0 saturated carbocycles. The van der Waals surface area contributed by atoms with Gasteiger partial charge in [-0.15, -0.1) is 0 Å². The standard InChI is InChI=1S/C13H31N3/c1-6-13(10-14)8-9-16(7-2)12(3)11-15(4)5/h12-13H,6-11,14H2,1-5H3. The number of hydrogen-bond acceptors (Lipinski definition) is 3. The normalized spacial score (nSPS) is 15.8. The summed E-state index contributed by atoms with van der Waals surface area (Å²) in [7, 11) is 4.28. The Morgan fingerprint density at radius 3 is 2.19 bits per heavy atom. The van der Waals surface area contributed by atoms with Crippen molar-refractivity contribution in [1.29, 1.82) is 0 Å². The van der Waals surface area contributed by atoms with Crippen LogP contribution in [0.4, 0.5) is 0 Å². The molecule has 2 atom stereocenters. The molecule has 0 heterocycles. The van der Waals surface area contributed by atoms with Crippen LogP contribution in [0.25, 0.3) is 0 Å². The molecule has 0 aromatic heterocycles. The third-order valence-corrected chi connectivity index (χ3v) is 3.39. The van der Waals surface area contributed by atoms with E-state index in [1.54, 1.807) is 0 Å². The molecule has 0 saturated heterocycles. The SMILES string of the molecule is CCC(CN)CCN(CC)C(C)CN(C)C. The number of nitrogens with zero attached hydrogens (tertiary/aromatic N) is 2. The largest absolute Gasteiger partial charge is 0.330 e. The van der Waals surface area contributed by atoms with Crippen LogP contribution in [0.1, 0.15) is 33.6 Å². The first-order chi connectivity index (χ1) is 7.54. The molecular weight excluding hydrogens is 198 g/mol. The number of likely N-dealkylation sites (N-methyl/N-ethyl adjacent to an activating group) is 2. The van der Waals surface area contributed by atoms with Gasteiger partial charge in [0.1, 0.15) is 0 Å². The fourth-order valence-corrected chi connectivity index (χ4v) is 2.17. The summed E-state index contributed by atoms with van der Waals surface area (Å²) in [6, 6.07) is 0.635. The third kappa shape index (κ3) is 6.46. The highest BCUT2D eigenvalue weighted by molar-refractivity contribution is 4.70. The van der Waals surface area contributed by atoms with Gasteiger partial charge in [0.05, 0.1) is 0 Å². The molecule has 0 rings (SSSR count). The first kappa shape index (κ1) is 15.9. The van der Waals surface area contributed by atoms with Crippen molar-refractivity contribution in [3.05, 3.63) is 0 Å².